The summed E-state index contributed by atoms with van der Waals surface area (Å²) in [5, 5.41) is 4.10. The molecule has 2 saturated heterocycles. The molecule has 0 aromatic carbocycles. The molecule has 2 aliphatic rings. The van der Waals surface area contributed by atoms with Crippen molar-refractivity contribution >= 4 is 5.91 Å². The summed E-state index contributed by atoms with van der Waals surface area (Å²) in [7, 11) is 1.68. The summed E-state index contributed by atoms with van der Waals surface area (Å²) in [5.74, 6) is 1.65. The maximum absolute atomic E-state index is 11.5. The van der Waals surface area contributed by atoms with Crippen molar-refractivity contribution in [2.75, 3.05) is 33.4 Å². The summed E-state index contributed by atoms with van der Waals surface area (Å²) >= 11 is 0. The van der Waals surface area contributed by atoms with E-state index in [2.05, 4.69) is 15.0 Å². The van der Waals surface area contributed by atoms with Crippen LogP contribution in [0, 0.1) is 0 Å². The molecule has 0 saturated carbocycles. The van der Waals surface area contributed by atoms with Crippen LogP contribution in [-0.4, -0.2) is 65.2 Å². The molecule has 7 heteroatoms. The van der Waals surface area contributed by atoms with Crippen LogP contribution in [0.4, 0.5) is 0 Å². The largest absolute Gasteiger partial charge is 0.384 e. The summed E-state index contributed by atoms with van der Waals surface area (Å²) in [6, 6.07) is 0.719. The zero-order chi connectivity index (χ0) is 16.9. The molecular formula is C17H28N4O3. The second kappa shape index (κ2) is 8.07. The third-order valence-corrected chi connectivity index (χ3v) is 5.22. The highest BCUT2D eigenvalue weighted by Crippen LogP contribution is 2.34. The van der Waals surface area contributed by atoms with Crippen LogP contribution in [0.25, 0.3) is 0 Å². The number of carbonyl (C=O) groups excluding carboxylic acids is 1. The zero-order valence-corrected chi connectivity index (χ0v) is 14.7. The lowest BCUT2D eigenvalue weighted by molar-refractivity contribution is -0.130. The van der Waals surface area contributed by atoms with Gasteiger partial charge in [-0.25, -0.2) is 0 Å². The van der Waals surface area contributed by atoms with Crippen molar-refractivity contribution in [3.63, 3.8) is 0 Å². The molecule has 0 aliphatic carbocycles. The number of aromatic nitrogens is 2. The van der Waals surface area contributed by atoms with Gasteiger partial charge in [0.05, 0.1) is 12.6 Å². The van der Waals surface area contributed by atoms with E-state index in [0.717, 1.165) is 50.6 Å². The Hall–Kier alpha value is -1.47. The van der Waals surface area contributed by atoms with Crippen LogP contribution in [0.1, 0.15) is 56.8 Å². The molecule has 3 heterocycles. The van der Waals surface area contributed by atoms with Crippen LogP contribution < -0.4 is 0 Å². The summed E-state index contributed by atoms with van der Waals surface area (Å²) in [6.07, 6.45) is 6.22. The van der Waals surface area contributed by atoms with E-state index in [0.29, 0.717) is 19.1 Å². The SMILES string of the molecule is COCCc1noc(C2CCCCN2C2CCN(C(C)=O)CC2)n1. The van der Waals surface area contributed by atoms with Gasteiger partial charge in [-0.1, -0.05) is 11.6 Å². The Kier molecular flexibility index (Phi) is 5.84. The molecule has 1 amide bonds. The van der Waals surface area contributed by atoms with Gasteiger partial charge in [0.1, 0.15) is 0 Å². The monoisotopic (exact) mass is 336 g/mol. The van der Waals surface area contributed by atoms with Gasteiger partial charge < -0.3 is 14.2 Å². The highest BCUT2D eigenvalue weighted by atomic mass is 16.5. The molecule has 24 heavy (non-hydrogen) atoms. The molecule has 2 fully saturated rings. The van der Waals surface area contributed by atoms with Gasteiger partial charge in [0.25, 0.3) is 0 Å². The number of ether oxygens (including phenoxy) is 1. The van der Waals surface area contributed by atoms with Crippen molar-refractivity contribution in [2.24, 2.45) is 0 Å². The van der Waals surface area contributed by atoms with Gasteiger partial charge in [0, 0.05) is 39.6 Å². The van der Waals surface area contributed by atoms with Crippen molar-refractivity contribution in [3.8, 4) is 0 Å². The average Bonchev–Trinajstić information content (AvgIpc) is 3.09. The molecule has 1 aromatic heterocycles. The van der Waals surface area contributed by atoms with Gasteiger partial charge in [-0.2, -0.15) is 4.98 Å². The standard InChI is InChI=1S/C17H28N4O3/c1-13(22)20-10-6-14(7-11-20)21-9-4-3-5-15(21)17-18-16(19-24-17)8-12-23-2/h14-15H,3-12H2,1-2H3. The van der Waals surface area contributed by atoms with Crippen LogP contribution in [0.3, 0.4) is 0 Å². The number of rotatable bonds is 5. The molecule has 0 N–H and O–H groups in total. The molecular weight excluding hydrogens is 308 g/mol. The molecule has 1 atom stereocenters. The van der Waals surface area contributed by atoms with Crippen molar-refractivity contribution in [1.82, 2.24) is 19.9 Å². The van der Waals surface area contributed by atoms with E-state index in [-0.39, 0.29) is 11.9 Å². The van der Waals surface area contributed by atoms with E-state index in [1.807, 2.05) is 4.90 Å². The minimum absolute atomic E-state index is 0.184. The van der Waals surface area contributed by atoms with E-state index in [4.69, 9.17) is 9.26 Å². The fourth-order valence-electron chi connectivity index (χ4n) is 3.87. The van der Waals surface area contributed by atoms with Crippen LogP contribution in [-0.2, 0) is 16.0 Å². The number of likely N-dealkylation sites (tertiary alicyclic amines) is 2. The second-order valence-electron chi connectivity index (χ2n) is 6.78. The van der Waals surface area contributed by atoms with Gasteiger partial charge in [0.15, 0.2) is 5.82 Å². The summed E-state index contributed by atoms with van der Waals surface area (Å²) < 4.78 is 10.6. The number of nitrogens with zero attached hydrogens (tertiary/aromatic N) is 4. The van der Waals surface area contributed by atoms with Crippen LogP contribution in [0.15, 0.2) is 4.52 Å². The third-order valence-electron chi connectivity index (χ3n) is 5.22. The lowest BCUT2D eigenvalue weighted by atomic mass is 9.95. The van der Waals surface area contributed by atoms with Gasteiger partial charge in [-0.05, 0) is 32.2 Å². The van der Waals surface area contributed by atoms with Crippen LogP contribution in [0.5, 0.6) is 0 Å². The molecule has 0 bridgehead atoms. The fraction of sp³-hybridized carbons (Fsp3) is 0.824. The average molecular weight is 336 g/mol. The normalized spacial score (nSPS) is 23.6. The van der Waals surface area contributed by atoms with Crippen molar-refractivity contribution in [1.29, 1.82) is 0 Å². The van der Waals surface area contributed by atoms with Crippen LogP contribution >= 0.6 is 0 Å². The number of hydrogen-bond acceptors (Lipinski definition) is 6. The highest BCUT2D eigenvalue weighted by molar-refractivity contribution is 5.73. The Morgan fingerprint density at radius 2 is 2.04 bits per heavy atom. The van der Waals surface area contributed by atoms with Gasteiger partial charge in [-0.15, -0.1) is 0 Å². The first-order valence-electron chi connectivity index (χ1n) is 9.01. The van der Waals surface area contributed by atoms with Crippen LogP contribution in [0.2, 0.25) is 0 Å². The lowest BCUT2D eigenvalue weighted by Gasteiger charge is -2.43. The number of piperidine rings is 2. The molecule has 7 nitrogen and oxygen atoms in total. The number of amides is 1. The van der Waals surface area contributed by atoms with E-state index in [9.17, 15) is 4.79 Å². The summed E-state index contributed by atoms with van der Waals surface area (Å²) in [5.41, 5.74) is 0. The summed E-state index contributed by atoms with van der Waals surface area (Å²) in [6.45, 7) is 5.05. The maximum Gasteiger partial charge on any atom is 0.244 e. The Labute approximate surface area is 143 Å². The Morgan fingerprint density at radius 1 is 1.25 bits per heavy atom. The number of carbonyl (C=O) groups is 1. The Balaban J connectivity index is 1.65. The molecule has 3 rings (SSSR count). The summed E-state index contributed by atoms with van der Waals surface area (Å²) in [4.78, 5) is 20.6. The van der Waals surface area contributed by atoms with E-state index in [1.165, 1.54) is 12.8 Å². The van der Waals surface area contributed by atoms with Gasteiger partial charge >= 0.3 is 0 Å². The first-order chi connectivity index (χ1) is 11.7. The lowest BCUT2D eigenvalue weighted by Crippen LogP contribution is -2.48. The molecule has 1 unspecified atom stereocenters. The molecule has 0 radical (unpaired) electrons. The zero-order valence-electron chi connectivity index (χ0n) is 14.7. The Morgan fingerprint density at radius 3 is 2.75 bits per heavy atom. The van der Waals surface area contributed by atoms with E-state index < -0.39 is 0 Å². The minimum atomic E-state index is 0.184. The fourth-order valence-corrected chi connectivity index (χ4v) is 3.87. The van der Waals surface area contributed by atoms with E-state index >= 15 is 0 Å². The first kappa shape index (κ1) is 17.4. The van der Waals surface area contributed by atoms with Crippen molar-refractivity contribution < 1.29 is 14.1 Å². The molecule has 2 aliphatic heterocycles. The predicted octanol–water partition coefficient (Wildman–Crippen LogP) is 1.80. The number of hydrogen-bond donors (Lipinski definition) is 0. The van der Waals surface area contributed by atoms with Crippen molar-refractivity contribution in [3.05, 3.63) is 11.7 Å². The highest BCUT2D eigenvalue weighted by Gasteiger charge is 2.35. The maximum atomic E-state index is 11.5. The topological polar surface area (TPSA) is 71.7 Å². The predicted molar refractivity (Wildman–Crippen MR) is 88.5 cm³/mol. The minimum Gasteiger partial charge on any atom is -0.384 e. The molecule has 0 spiro atoms. The second-order valence-corrected chi connectivity index (χ2v) is 6.78. The van der Waals surface area contributed by atoms with Gasteiger partial charge in [0.2, 0.25) is 11.8 Å². The molecule has 1 aromatic rings. The first-order valence-corrected chi connectivity index (χ1v) is 9.01. The van der Waals surface area contributed by atoms with Crippen molar-refractivity contribution in [2.45, 2.75) is 57.5 Å². The third kappa shape index (κ3) is 3.95. The quantitative estimate of drug-likeness (QED) is 0.816. The van der Waals surface area contributed by atoms with Gasteiger partial charge in [-0.3, -0.25) is 9.69 Å². The Bertz CT molecular complexity index is 540. The smallest absolute Gasteiger partial charge is 0.244 e. The number of methoxy groups -OCH3 is 1. The molecule has 134 valence electrons. The van der Waals surface area contributed by atoms with E-state index in [1.54, 1.807) is 14.0 Å².